The predicted octanol–water partition coefficient (Wildman–Crippen LogP) is 0.392. The third-order valence-electron chi connectivity index (χ3n) is 1.96. The Morgan fingerprint density at radius 1 is 0.941 bits per heavy atom. The van der Waals surface area contributed by atoms with Crippen LogP contribution in [-0.4, -0.2) is 52.6 Å². The lowest BCUT2D eigenvalue weighted by atomic mass is 10.1. The Balaban J connectivity index is 3.71. The molecule has 0 radical (unpaired) electrons. The molecule has 0 aliphatic heterocycles. The van der Waals surface area contributed by atoms with Gasteiger partial charge in [0.2, 0.25) is 0 Å². The molecule has 6 heteroatoms. The Bertz CT molecular complexity index is 228. The standard InChI is InChI=1S/C11H20O6/c1-9(11(13)17-7-5-15-3)8-10(12)16-6-4-14-2/h9H,4-8H2,1-3H3. The molecule has 0 aromatic carbocycles. The lowest BCUT2D eigenvalue weighted by Gasteiger charge is -2.10. The second kappa shape index (κ2) is 10.0. The Morgan fingerprint density at radius 3 is 2.00 bits per heavy atom. The van der Waals surface area contributed by atoms with E-state index in [2.05, 4.69) is 0 Å². The first kappa shape index (κ1) is 15.9. The summed E-state index contributed by atoms with van der Waals surface area (Å²) in [5.41, 5.74) is 0. The van der Waals surface area contributed by atoms with Crippen LogP contribution in [0.2, 0.25) is 0 Å². The summed E-state index contributed by atoms with van der Waals surface area (Å²) in [6.07, 6.45) is 0.00945. The zero-order valence-corrected chi connectivity index (χ0v) is 10.6. The van der Waals surface area contributed by atoms with Gasteiger partial charge in [-0.2, -0.15) is 0 Å². The van der Waals surface area contributed by atoms with Gasteiger partial charge >= 0.3 is 11.9 Å². The van der Waals surface area contributed by atoms with Crippen molar-refractivity contribution in [3.8, 4) is 0 Å². The SMILES string of the molecule is COCCOC(=O)CC(C)C(=O)OCCOC. The summed E-state index contributed by atoms with van der Waals surface area (Å²) in [5.74, 6) is -1.37. The molecule has 0 amide bonds. The molecule has 1 atom stereocenters. The molecule has 0 N–H and O–H groups in total. The van der Waals surface area contributed by atoms with Gasteiger partial charge in [0.05, 0.1) is 25.6 Å². The van der Waals surface area contributed by atoms with Crippen LogP contribution in [0.15, 0.2) is 0 Å². The van der Waals surface area contributed by atoms with E-state index in [-0.39, 0.29) is 19.6 Å². The second-order valence-electron chi connectivity index (χ2n) is 3.48. The van der Waals surface area contributed by atoms with Gasteiger partial charge in [0.1, 0.15) is 13.2 Å². The van der Waals surface area contributed by atoms with Crippen LogP contribution in [-0.2, 0) is 28.5 Å². The minimum Gasteiger partial charge on any atom is -0.463 e. The maximum absolute atomic E-state index is 11.4. The molecule has 0 aromatic heterocycles. The molecule has 17 heavy (non-hydrogen) atoms. The van der Waals surface area contributed by atoms with Crippen molar-refractivity contribution in [2.24, 2.45) is 5.92 Å². The molecule has 1 unspecified atom stereocenters. The summed E-state index contributed by atoms with van der Waals surface area (Å²) < 4.78 is 19.2. The average Bonchev–Trinajstić information content (AvgIpc) is 2.29. The zero-order valence-electron chi connectivity index (χ0n) is 10.6. The van der Waals surface area contributed by atoms with E-state index >= 15 is 0 Å². The molecule has 0 spiro atoms. The van der Waals surface area contributed by atoms with Crippen molar-refractivity contribution < 1.29 is 28.5 Å². The minimum atomic E-state index is -0.512. The molecular weight excluding hydrogens is 228 g/mol. The van der Waals surface area contributed by atoms with Crippen molar-refractivity contribution >= 4 is 11.9 Å². The number of ether oxygens (including phenoxy) is 4. The lowest BCUT2D eigenvalue weighted by Crippen LogP contribution is -2.21. The van der Waals surface area contributed by atoms with Crippen molar-refractivity contribution in [3.05, 3.63) is 0 Å². The fraction of sp³-hybridized carbons (Fsp3) is 0.818. The van der Waals surface area contributed by atoms with Gasteiger partial charge in [-0.15, -0.1) is 0 Å². The molecule has 0 bridgehead atoms. The van der Waals surface area contributed by atoms with Crippen LogP contribution < -0.4 is 0 Å². The van der Waals surface area contributed by atoms with Crippen molar-refractivity contribution in [2.75, 3.05) is 40.6 Å². The smallest absolute Gasteiger partial charge is 0.309 e. The summed E-state index contributed by atoms with van der Waals surface area (Å²) in [7, 11) is 3.04. The van der Waals surface area contributed by atoms with Crippen molar-refractivity contribution in [2.45, 2.75) is 13.3 Å². The predicted molar refractivity (Wildman–Crippen MR) is 59.5 cm³/mol. The van der Waals surface area contributed by atoms with Crippen LogP contribution in [0.4, 0.5) is 0 Å². The Morgan fingerprint density at radius 2 is 1.47 bits per heavy atom. The average molecular weight is 248 g/mol. The highest BCUT2D eigenvalue weighted by Gasteiger charge is 2.19. The molecule has 0 saturated carbocycles. The van der Waals surface area contributed by atoms with Crippen molar-refractivity contribution in [3.63, 3.8) is 0 Å². The summed E-state index contributed by atoms with van der Waals surface area (Å²) >= 11 is 0. The van der Waals surface area contributed by atoms with E-state index in [1.807, 2.05) is 0 Å². The molecule has 0 heterocycles. The Labute approximate surface area is 101 Å². The van der Waals surface area contributed by atoms with Gasteiger partial charge in [0, 0.05) is 14.2 Å². The highest BCUT2D eigenvalue weighted by molar-refractivity contribution is 5.79. The third kappa shape index (κ3) is 8.65. The number of rotatable bonds is 9. The highest BCUT2D eigenvalue weighted by Crippen LogP contribution is 2.06. The number of carbonyl (C=O) groups is 2. The van der Waals surface area contributed by atoms with E-state index in [0.717, 1.165) is 0 Å². The first-order valence-corrected chi connectivity index (χ1v) is 5.42. The van der Waals surface area contributed by atoms with Gasteiger partial charge in [-0.05, 0) is 0 Å². The molecular formula is C11H20O6. The second-order valence-corrected chi connectivity index (χ2v) is 3.48. The summed E-state index contributed by atoms with van der Waals surface area (Å²) in [4.78, 5) is 22.6. The van der Waals surface area contributed by atoms with Crippen LogP contribution >= 0.6 is 0 Å². The first-order valence-electron chi connectivity index (χ1n) is 5.42. The molecule has 6 nitrogen and oxygen atoms in total. The van der Waals surface area contributed by atoms with E-state index in [1.165, 1.54) is 14.2 Å². The summed E-state index contributed by atoms with van der Waals surface area (Å²) in [5, 5.41) is 0. The number of carbonyl (C=O) groups excluding carboxylic acids is 2. The van der Waals surface area contributed by atoms with Gasteiger partial charge in [-0.25, -0.2) is 0 Å². The third-order valence-corrected chi connectivity index (χ3v) is 1.96. The maximum Gasteiger partial charge on any atom is 0.309 e. The van der Waals surface area contributed by atoms with Crippen LogP contribution in [0.3, 0.4) is 0 Å². The van der Waals surface area contributed by atoms with E-state index in [1.54, 1.807) is 6.92 Å². The van der Waals surface area contributed by atoms with Gasteiger partial charge in [0.15, 0.2) is 0 Å². The highest BCUT2D eigenvalue weighted by atomic mass is 16.6. The van der Waals surface area contributed by atoms with Crippen molar-refractivity contribution in [1.29, 1.82) is 0 Å². The fourth-order valence-corrected chi connectivity index (χ4v) is 0.999. The number of esters is 2. The normalized spacial score (nSPS) is 11.9. The number of hydrogen-bond acceptors (Lipinski definition) is 6. The molecule has 0 rings (SSSR count). The number of methoxy groups -OCH3 is 2. The summed E-state index contributed by atoms with van der Waals surface area (Å²) in [6.45, 7) is 2.70. The maximum atomic E-state index is 11.4. The van der Waals surface area contributed by atoms with E-state index in [9.17, 15) is 9.59 Å². The molecule has 0 aromatic rings. The first-order chi connectivity index (χ1) is 8.11. The topological polar surface area (TPSA) is 71.1 Å². The fourth-order valence-electron chi connectivity index (χ4n) is 0.999. The minimum absolute atomic E-state index is 0.00945. The molecule has 0 saturated heterocycles. The Kier molecular flexibility index (Phi) is 9.37. The van der Waals surface area contributed by atoms with E-state index < -0.39 is 17.9 Å². The molecule has 100 valence electrons. The molecule has 0 aliphatic carbocycles. The lowest BCUT2D eigenvalue weighted by molar-refractivity contribution is -0.155. The van der Waals surface area contributed by atoms with Crippen LogP contribution in [0, 0.1) is 5.92 Å². The van der Waals surface area contributed by atoms with Gasteiger partial charge in [-0.3, -0.25) is 9.59 Å². The van der Waals surface area contributed by atoms with Crippen molar-refractivity contribution in [1.82, 2.24) is 0 Å². The van der Waals surface area contributed by atoms with Crippen LogP contribution in [0.5, 0.6) is 0 Å². The van der Waals surface area contributed by atoms with Crippen LogP contribution in [0.1, 0.15) is 13.3 Å². The molecule has 0 fully saturated rings. The number of hydrogen-bond donors (Lipinski definition) is 0. The molecule has 0 aliphatic rings. The quantitative estimate of drug-likeness (QED) is 0.434. The van der Waals surface area contributed by atoms with Gasteiger partial charge in [-0.1, -0.05) is 6.92 Å². The monoisotopic (exact) mass is 248 g/mol. The van der Waals surface area contributed by atoms with E-state index in [4.69, 9.17) is 18.9 Å². The van der Waals surface area contributed by atoms with Gasteiger partial charge < -0.3 is 18.9 Å². The van der Waals surface area contributed by atoms with E-state index in [0.29, 0.717) is 13.2 Å². The Hall–Kier alpha value is -1.14. The van der Waals surface area contributed by atoms with Crippen LogP contribution in [0.25, 0.3) is 0 Å². The largest absolute Gasteiger partial charge is 0.463 e. The van der Waals surface area contributed by atoms with Gasteiger partial charge in [0.25, 0.3) is 0 Å². The summed E-state index contributed by atoms with van der Waals surface area (Å²) in [6, 6.07) is 0. The zero-order chi connectivity index (χ0) is 13.1.